The molecule has 2 saturated heterocycles. The Morgan fingerprint density at radius 1 is 1.19 bits per heavy atom. The first-order valence-corrected chi connectivity index (χ1v) is 7.56. The molecule has 2 N–H and O–H groups in total. The van der Waals surface area contributed by atoms with Gasteiger partial charge in [0.05, 0.1) is 26.4 Å². The molecule has 3 unspecified atom stereocenters. The fraction of sp³-hybridized carbons (Fsp3) is 0.625. The zero-order valence-electron chi connectivity index (χ0n) is 12.7. The van der Waals surface area contributed by atoms with Crippen LogP contribution < -0.4 is 15.2 Å². The van der Waals surface area contributed by atoms with Gasteiger partial charge >= 0.3 is 0 Å². The van der Waals surface area contributed by atoms with E-state index in [2.05, 4.69) is 11.0 Å². The first kappa shape index (κ1) is 14.6. The summed E-state index contributed by atoms with van der Waals surface area (Å²) in [5.41, 5.74) is 7.23. The Kier molecular flexibility index (Phi) is 4.33. The van der Waals surface area contributed by atoms with Crippen molar-refractivity contribution >= 4 is 0 Å². The lowest BCUT2D eigenvalue weighted by atomic mass is 10.0. The van der Waals surface area contributed by atoms with Crippen LogP contribution in [0.4, 0.5) is 0 Å². The van der Waals surface area contributed by atoms with Gasteiger partial charge in [0.15, 0.2) is 11.5 Å². The van der Waals surface area contributed by atoms with Gasteiger partial charge in [0, 0.05) is 25.7 Å². The molecule has 116 valence electrons. The van der Waals surface area contributed by atoms with Gasteiger partial charge in [-0.2, -0.15) is 0 Å². The first-order valence-electron chi connectivity index (χ1n) is 7.56. The Bertz CT molecular complexity index is 482. The molecular formula is C16H24N2O3. The molecule has 2 fully saturated rings. The number of rotatable bonds is 5. The maximum Gasteiger partial charge on any atom is 0.161 e. The molecule has 2 aliphatic rings. The molecule has 2 aliphatic heterocycles. The summed E-state index contributed by atoms with van der Waals surface area (Å²) in [6, 6.07) is 6.27. The van der Waals surface area contributed by atoms with E-state index in [1.165, 1.54) is 18.4 Å². The van der Waals surface area contributed by atoms with Crippen molar-refractivity contribution in [3.63, 3.8) is 0 Å². The molecular weight excluding hydrogens is 268 g/mol. The minimum Gasteiger partial charge on any atom is -0.493 e. The van der Waals surface area contributed by atoms with Gasteiger partial charge in [-0.25, -0.2) is 0 Å². The fourth-order valence-corrected chi connectivity index (χ4v) is 3.46. The largest absolute Gasteiger partial charge is 0.493 e. The molecule has 5 heteroatoms. The summed E-state index contributed by atoms with van der Waals surface area (Å²) in [5.74, 6) is 1.50. The van der Waals surface area contributed by atoms with Crippen LogP contribution in [0.5, 0.6) is 11.5 Å². The Labute approximate surface area is 126 Å². The molecule has 0 amide bonds. The van der Waals surface area contributed by atoms with E-state index in [-0.39, 0.29) is 6.04 Å². The minimum absolute atomic E-state index is 0.205. The summed E-state index contributed by atoms with van der Waals surface area (Å²) < 4.78 is 16.6. The second-order valence-corrected chi connectivity index (χ2v) is 5.78. The Balaban J connectivity index is 1.82. The van der Waals surface area contributed by atoms with E-state index in [1.807, 2.05) is 12.1 Å². The van der Waals surface area contributed by atoms with Gasteiger partial charge in [-0.15, -0.1) is 0 Å². The fourth-order valence-electron chi connectivity index (χ4n) is 3.46. The molecule has 2 heterocycles. The van der Waals surface area contributed by atoms with Gasteiger partial charge in [-0.05, 0) is 30.5 Å². The number of methoxy groups -OCH3 is 2. The van der Waals surface area contributed by atoms with Crippen LogP contribution in [-0.4, -0.2) is 51.0 Å². The number of likely N-dealkylation sites (tertiary alicyclic amines) is 1. The van der Waals surface area contributed by atoms with E-state index >= 15 is 0 Å². The Morgan fingerprint density at radius 3 is 2.43 bits per heavy atom. The zero-order valence-corrected chi connectivity index (χ0v) is 12.7. The second kappa shape index (κ2) is 6.22. The number of morpholine rings is 1. The molecule has 1 aromatic rings. The van der Waals surface area contributed by atoms with Gasteiger partial charge < -0.3 is 19.9 Å². The molecule has 3 rings (SSSR count). The average Bonchev–Trinajstić information content (AvgIpc) is 2.86. The van der Waals surface area contributed by atoms with E-state index in [4.69, 9.17) is 19.9 Å². The molecule has 3 atom stereocenters. The SMILES string of the molecule is COc1ccc(C(CN)N2CC3CCC(C2)O3)cc1OC. The molecule has 0 aromatic heterocycles. The molecule has 0 radical (unpaired) electrons. The lowest BCUT2D eigenvalue weighted by Crippen LogP contribution is -2.46. The van der Waals surface area contributed by atoms with Crippen molar-refractivity contribution < 1.29 is 14.2 Å². The van der Waals surface area contributed by atoms with Crippen molar-refractivity contribution in [2.24, 2.45) is 5.73 Å². The van der Waals surface area contributed by atoms with Gasteiger partial charge in [0.2, 0.25) is 0 Å². The topological polar surface area (TPSA) is 57.0 Å². The maximum atomic E-state index is 6.05. The van der Waals surface area contributed by atoms with Crippen LogP contribution in [0, 0.1) is 0 Å². The zero-order chi connectivity index (χ0) is 14.8. The first-order chi connectivity index (χ1) is 10.2. The summed E-state index contributed by atoms with van der Waals surface area (Å²) in [4.78, 5) is 2.45. The van der Waals surface area contributed by atoms with Gasteiger partial charge in [-0.1, -0.05) is 6.07 Å². The number of hydrogen-bond acceptors (Lipinski definition) is 5. The summed E-state index contributed by atoms with van der Waals surface area (Å²) in [6.45, 7) is 2.52. The van der Waals surface area contributed by atoms with Crippen LogP contribution in [0.2, 0.25) is 0 Å². The Hall–Kier alpha value is -1.30. The van der Waals surface area contributed by atoms with Gasteiger partial charge in [0.25, 0.3) is 0 Å². The molecule has 0 saturated carbocycles. The van der Waals surface area contributed by atoms with E-state index in [9.17, 15) is 0 Å². The van der Waals surface area contributed by atoms with E-state index in [0.717, 1.165) is 24.6 Å². The van der Waals surface area contributed by atoms with E-state index in [1.54, 1.807) is 14.2 Å². The molecule has 21 heavy (non-hydrogen) atoms. The highest BCUT2D eigenvalue weighted by Crippen LogP contribution is 2.35. The van der Waals surface area contributed by atoms with Gasteiger partial charge in [-0.3, -0.25) is 4.90 Å². The number of hydrogen-bond donors (Lipinski definition) is 1. The third-order valence-electron chi connectivity index (χ3n) is 4.53. The van der Waals surface area contributed by atoms with Crippen molar-refractivity contribution in [2.45, 2.75) is 31.1 Å². The smallest absolute Gasteiger partial charge is 0.161 e. The van der Waals surface area contributed by atoms with Crippen LogP contribution in [0.15, 0.2) is 18.2 Å². The van der Waals surface area contributed by atoms with E-state index in [0.29, 0.717) is 18.8 Å². The summed E-state index contributed by atoms with van der Waals surface area (Å²) in [5, 5.41) is 0. The van der Waals surface area contributed by atoms with Crippen LogP contribution in [0.1, 0.15) is 24.4 Å². The van der Waals surface area contributed by atoms with Crippen LogP contribution in [0.25, 0.3) is 0 Å². The predicted molar refractivity (Wildman–Crippen MR) is 80.8 cm³/mol. The lowest BCUT2D eigenvalue weighted by molar-refractivity contribution is -0.0521. The third-order valence-corrected chi connectivity index (χ3v) is 4.53. The summed E-state index contributed by atoms with van der Waals surface area (Å²) in [7, 11) is 3.31. The number of nitrogens with zero attached hydrogens (tertiary/aromatic N) is 1. The highest BCUT2D eigenvalue weighted by Gasteiger charge is 2.36. The quantitative estimate of drug-likeness (QED) is 0.892. The molecule has 2 bridgehead atoms. The number of benzene rings is 1. The molecule has 1 aromatic carbocycles. The summed E-state index contributed by atoms with van der Waals surface area (Å²) >= 11 is 0. The van der Waals surface area contributed by atoms with Crippen LogP contribution in [0.3, 0.4) is 0 Å². The standard InChI is InChI=1S/C16H24N2O3/c1-19-15-6-3-11(7-16(15)20-2)14(8-17)18-9-12-4-5-13(10-18)21-12/h3,6-7,12-14H,4-5,8-10,17H2,1-2H3. The van der Waals surface area contributed by atoms with Crippen molar-refractivity contribution in [1.82, 2.24) is 4.90 Å². The van der Waals surface area contributed by atoms with Crippen LogP contribution in [-0.2, 0) is 4.74 Å². The maximum absolute atomic E-state index is 6.05. The van der Waals surface area contributed by atoms with Crippen molar-refractivity contribution in [2.75, 3.05) is 33.9 Å². The van der Waals surface area contributed by atoms with Crippen molar-refractivity contribution in [1.29, 1.82) is 0 Å². The van der Waals surface area contributed by atoms with E-state index < -0.39 is 0 Å². The monoisotopic (exact) mass is 292 g/mol. The van der Waals surface area contributed by atoms with Crippen molar-refractivity contribution in [3.8, 4) is 11.5 Å². The lowest BCUT2D eigenvalue weighted by Gasteiger charge is -2.37. The van der Waals surface area contributed by atoms with Gasteiger partial charge in [0.1, 0.15) is 0 Å². The highest BCUT2D eigenvalue weighted by atomic mass is 16.5. The second-order valence-electron chi connectivity index (χ2n) is 5.78. The molecule has 5 nitrogen and oxygen atoms in total. The Morgan fingerprint density at radius 2 is 1.86 bits per heavy atom. The number of fused-ring (bicyclic) bond motifs is 2. The summed E-state index contributed by atoms with van der Waals surface area (Å²) in [6.07, 6.45) is 3.09. The average molecular weight is 292 g/mol. The number of nitrogens with two attached hydrogens (primary N) is 1. The normalized spacial score (nSPS) is 26.6. The van der Waals surface area contributed by atoms with Crippen LogP contribution >= 0.6 is 0 Å². The minimum atomic E-state index is 0.205. The highest BCUT2D eigenvalue weighted by molar-refractivity contribution is 5.44. The number of ether oxygens (including phenoxy) is 3. The van der Waals surface area contributed by atoms with Crippen molar-refractivity contribution in [3.05, 3.63) is 23.8 Å². The molecule has 0 aliphatic carbocycles. The molecule has 0 spiro atoms. The predicted octanol–water partition coefficient (Wildman–Crippen LogP) is 1.57. The third kappa shape index (κ3) is 2.86.